The van der Waals surface area contributed by atoms with Gasteiger partial charge >= 0.3 is 6.03 Å². The van der Waals surface area contributed by atoms with E-state index in [2.05, 4.69) is 17.1 Å². The van der Waals surface area contributed by atoms with Crippen molar-refractivity contribution in [2.45, 2.75) is 57.0 Å². The number of imide groups is 1. The minimum atomic E-state index is -0.710. The lowest BCUT2D eigenvalue weighted by Gasteiger charge is -2.37. The summed E-state index contributed by atoms with van der Waals surface area (Å²) in [6, 6.07) is 5.62. The predicted molar refractivity (Wildman–Crippen MR) is 109 cm³/mol. The van der Waals surface area contributed by atoms with Crippen molar-refractivity contribution < 1.29 is 19.1 Å². The number of hydrogen-bond donors (Lipinski definition) is 1. The van der Waals surface area contributed by atoms with Gasteiger partial charge in [0.05, 0.1) is 20.9 Å². The molecule has 158 valence electrons. The van der Waals surface area contributed by atoms with Crippen LogP contribution in [0.5, 0.6) is 11.5 Å². The summed E-state index contributed by atoms with van der Waals surface area (Å²) in [6.45, 7) is 3.23. The molecule has 7 heteroatoms. The summed E-state index contributed by atoms with van der Waals surface area (Å²) in [7, 11) is 3.31. The van der Waals surface area contributed by atoms with Gasteiger partial charge in [-0.2, -0.15) is 0 Å². The van der Waals surface area contributed by atoms with E-state index in [0.717, 1.165) is 62.1 Å². The molecule has 0 bridgehead atoms. The smallest absolute Gasteiger partial charge is 0.326 e. The van der Waals surface area contributed by atoms with Crippen molar-refractivity contribution in [1.29, 1.82) is 0 Å². The number of likely N-dealkylation sites (tertiary alicyclic amines) is 1. The van der Waals surface area contributed by atoms with Crippen LogP contribution < -0.4 is 14.8 Å². The lowest BCUT2D eigenvalue weighted by atomic mass is 9.73. The largest absolute Gasteiger partial charge is 0.497 e. The standard InChI is InChI=1S/C22H31N3O4/c1-15-7-4-5-11-22(15)20(26)25(21(27)23-22)14-24-12-6-8-18(24)17-13-16(28-2)9-10-19(17)29-3/h9-10,13,15,18H,4-8,11-12,14H2,1-3H3,(H,23,27)/t15-,18-,22-/m1/s1. The Morgan fingerprint density at radius 1 is 1.14 bits per heavy atom. The van der Waals surface area contributed by atoms with Gasteiger partial charge in [0, 0.05) is 18.2 Å². The normalized spacial score (nSPS) is 30.1. The van der Waals surface area contributed by atoms with Gasteiger partial charge in [0.25, 0.3) is 5.91 Å². The van der Waals surface area contributed by atoms with Crippen molar-refractivity contribution in [2.24, 2.45) is 5.92 Å². The Balaban J connectivity index is 1.56. The van der Waals surface area contributed by atoms with Crippen LogP contribution in [0, 0.1) is 5.92 Å². The Bertz CT molecular complexity index is 798. The lowest BCUT2D eigenvalue weighted by molar-refractivity contribution is -0.135. The third-order valence-corrected chi connectivity index (χ3v) is 6.98. The molecule has 3 amide bonds. The highest BCUT2D eigenvalue weighted by molar-refractivity contribution is 6.07. The number of ether oxygens (including phenoxy) is 2. The number of carbonyl (C=O) groups is 2. The van der Waals surface area contributed by atoms with E-state index in [1.54, 1.807) is 14.2 Å². The van der Waals surface area contributed by atoms with E-state index >= 15 is 0 Å². The monoisotopic (exact) mass is 401 g/mol. The van der Waals surface area contributed by atoms with E-state index in [0.29, 0.717) is 6.67 Å². The summed E-state index contributed by atoms with van der Waals surface area (Å²) >= 11 is 0. The Labute approximate surface area is 172 Å². The lowest BCUT2D eigenvalue weighted by Crippen LogP contribution is -2.54. The molecule has 1 aromatic carbocycles. The molecule has 0 unspecified atom stereocenters. The molecule has 1 aliphatic carbocycles. The van der Waals surface area contributed by atoms with Gasteiger partial charge in [-0.1, -0.05) is 19.8 Å². The van der Waals surface area contributed by atoms with Crippen LogP contribution in [0.2, 0.25) is 0 Å². The van der Waals surface area contributed by atoms with E-state index in [-0.39, 0.29) is 23.9 Å². The van der Waals surface area contributed by atoms with Crippen LogP contribution in [-0.4, -0.2) is 54.7 Å². The van der Waals surface area contributed by atoms with Crippen molar-refractivity contribution in [3.8, 4) is 11.5 Å². The zero-order valence-electron chi connectivity index (χ0n) is 17.6. The van der Waals surface area contributed by atoms with E-state index in [1.165, 1.54) is 4.90 Å². The van der Waals surface area contributed by atoms with Gasteiger partial charge in [-0.15, -0.1) is 0 Å². The van der Waals surface area contributed by atoms with Crippen molar-refractivity contribution in [3.63, 3.8) is 0 Å². The number of nitrogens with zero attached hydrogens (tertiary/aromatic N) is 2. The summed E-state index contributed by atoms with van der Waals surface area (Å²) in [5.74, 6) is 1.69. The number of nitrogens with one attached hydrogen (secondary N) is 1. The van der Waals surface area contributed by atoms with Crippen molar-refractivity contribution >= 4 is 11.9 Å². The summed E-state index contributed by atoms with van der Waals surface area (Å²) in [4.78, 5) is 29.7. The first-order valence-corrected chi connectivity index (χ1v) is 10.6. The van der Waals surface area contributed by atoms with Crippen LogP contribution >= 0.6 is 0 Å². The van der Waals surface area contributed by atoms with Crippen LogP contribution in [0.1, 0.15) is 57.1 Å². The minimum absolute atomic E-state index is 0.0574. The number of hydrogen-bond acceptors (Lipinski definition) is 5. The van der Waals surface area contributed by atoms with Crippen LogP contribution in [0.25, 0.3) is 0 Å². The molecule has 1 saturated carbocycles. The molecule has 1 spiro atoms. The van der Waals surface area contributed by atoms with Crippen molar-refractivity contribution in [3.05, 3.63) is 23.8 Å². The second kappa shape index (κ2) is 7.86. The molecular formula is C22H31N3O4. The first kappa shape index (κ1) is 20.0. The Morgan fingerprint density at radius 3 is 2.69 bits per heavy atom. The van der Waals surface area contributed by atoms with Gasteiger partial charge in [-0.25, -0.2) is 9.69 Å². The van der Waals surface area contributed by atoms with Crippen LogP contribution in [0.3, 0.4) is 0 Å². The molecule has 29 heavy (non-hydrogen) atoms. The molecule has 1 N–H and O–H groups in total. The summed E-state index contributed by atoms with van der Waals surface area (Å²) < 4.78 is 11.0. The second-order valence-electron chi connectivity index (χ2n) is 8.50. The summed E-state index contributed by atoms with van der Waals surface area (Å²) in [6.07, 6.45) is 5.79. The fourth-order valence-corrected chi connectivity index (χ4v) is 5.25. The first-order valence-electron chi connectivity index (χ1n) is 10.6. The Hall–Kier alpha value is -2.28. The van der Waals surface area contributed by atoms with Gasteiger partial charge in [-0.3, -0.25) is 9.69 Å². The number of urea groups is 1. The van der Waals surface area contributed by atoms with Crippen molar-refractivity contribution in [1.82, 2.24) is 15.1 Å². The molecule has 1 aromatic rings. The third-order valence-electron chi connectivity index (χ3n) is 6.98. The van der Waals surface area contributed by atoms with Crippen molar-refractivity contribution in [2.75, 3.05) is 27.4 Å². The average Bonchev–Trinajstić information content (AvgIpc) is 3.29. The van der Waals surface area contributed by atoms with E-state index < -0.39 is 5.54 Å². The van der Waals surface area contributed by atoms with Gasteiger partial charge in [0.1, 0.15) is 17.0 Å². The van der Waals surface area contributed by atoms with Gasteiger partial charge in [0.2, 0.25) is 0 Å². The molecule has 3 atom stereocenters. The SMILES string of the molecule is COc1ccc(OC)c([C@H]2CCCN2CN2C(=O)N[C@@]3(CCCC[C@H]3C)C2=O)c1. The number of carbonyl (C=O) groups excluding carboxylic acids is 2. The molecule has 4 rings (SSSR count). The zero-order chi connectivity index (χ0) is 20.6. The van der Waals surface area contributed by atoms with Gasteiger partial charge < -0.3 is 14.8 Å². The molecule has 3 fully saturated rings. The number of methoxy groups -OCH3 is 2. The van der Waals surface area contributed by atoms with E-state index in [4.69, 9.17) is 9.47 Å². The molecule has 3 aliphatic rings. The first-order chi connectivity index (χ1) is 14.0. The predicted octanol–water partition coefficient (Wildman–Crippen LogP) is 3.30. The quantitative estimate of drug-likeness (QED) is 0.767. The highest BCUT2D eigenvalue weighted by atomic mass is 16.5. The molecule has 2 aliphatic heterocycles. The summed E-state index contributed by atoms with van der Waals surface area (Å²) in [5.41, 5.74) is 0.329. The molecule has 7 nitrogen and oxygen atoms in total. The maximum Gasteiger partial charge on any atom is 0.326 e. The molecule has 0 radical (unpaired) electrons. The zero-order valence-corrected chi connectivity index (χ0v) is 17.6. The Kier molecular flexibility index (Phi) is 5.42. The molecular weight excluding hydrogens is 370 g/mol. The topological polar surface area (TPSA) is 71.1 Å². The number of amides is 3. The maximum absolute atomic E-state index is 13.3. The van der Waals surface area contributed by atoms with Gasteiger partial charge in [-0.05, 0) is 49.8 Å². The van der Waals surface area contributed by atoms with Gasteiger partial charge in [0.15, 0.2) is 0 Å². The molecule has 2 heterocycles. The minimum Gasteiger partial charge on any atom is -0.497 e. The van der Waals surface area contributed by atoms with Crippen LogP contribution in [0.4, 0.5) is 4.79 Å². The fourth-order valence-electron chi connectivity index (χ4n) is 5.25. The third kappa shape index (κ3) is 3.35. The van der Waals surface area contributed by atoms with E-state index in [1.807, 2.05) is 18.2 Å². The Morgan fingerprint density at radius 2 is 1.97 bits per heavy atom. The highest BCUT2D eigenvalue weighted by Gasteiger charge is 2.55. The number of benzene rings is 1. The molecule has 2 saturated heterocycles. The molecule has 0 aromatic heterocycles. The number of rotatable bonds is 5. The summed E-state index contributed by atoms with van der Waals surface area (Å²) in [5, 5.41) is 3.05. The second-order valence-corrected chi connectivity index (χ2v) is 8.50. The van der Waals surface area contributed by atoms with Crippen LogP contribution in [-0.2, 0) is 4.79 Å². The average molecular weight is 402 g/mol. The highest BCUT2D eigenvalue weighted by Crippen LogP contribution is 2.41. The maximum atomic E-state index is 13.3. The van der Waals surface area contributed by atoms with E-state index in [9.17, 15) is 9.59 Å². The van der Waals surface area contributed by atoms with Crippen LogP contribution in [0.15, 0.2) is 18.2 Å². The fraction of sp³-hybridized carbons (Fsp3) is 0.636.